The summed E-state index contributed by atoms with van der Waals surface area (Å²) in [5.41, 5.74) is 0. The summed E-state index contributed by atoms with van der Waals surface area (Å²) in [5, 5.41) is 9.15. The van der Waals surface area contributed by atoms with Gasteiger partial charge in [-0.3, -0.25) is 9.59 Å². The first-order valence-electron chi connectivity index (χ1n) is 5.47. The lowest BCUT2D eigenvalue weighted by Gasteiger charge is -2.24. The molecule has 0 aromatic rings. The van der Waals surface area contributed by atoms with Gasteiger partial charge in [0.1, 0.15) is 5.78 Å². The standard InChI is InChI=1S/C12H16O3/c1-6(2)11(13)9-7-3-4-8(5-7)10(9)12(14)15/h3-4,6-10H,5H2,1-2H3,(H,14,15). The van der Waals surface area contributed by atoms with Crippen LogP contribution in [-0.2, 0) is 9.59 Å². The van der Waals surface area contributed by atoms with Crippen molar-refractivity contribution in [2.24, 2.45) is 29.6 Å². The highest BCUT2D eigenvalue weighted by Crippen LogP contribution is 2.49. The van der Waals surface area contributed by atoms with Crippen molar-refractivity contribution in [3.8, 4) is 0 Å². The SMILES string of the molecule is CC(C)C(=O)C1C2C=CC(C2)C1C(=O)O. The molecular weight excluding hydrogens is 192 g/mol. The van der Waals surface area contributed by atoms with E-state index >= 15 is 0 Å². The van der Waals surface area contributed by atoms with Gasteiger partial charge in [-0.05, 0) is 18.3 Å². The number of carbonyl (C=O) groups is 2. The third-order valence-corrected chi connectivity index (χ3v) is 3.64. The summed E-state index contributed by atoms with van der Waals surface area (Å²) in [7, 11) is 0. The van der Waals surface area contributed by atoms with Crippen LogP contribution in [0.3, 0.4) is 0 Å². The van der Waals surface area contributed by atoms with E-state index in [1.807, 2.05) is 26.0 Å². The average Bonchev–Trinajstić information content (AvgIpc) is 2.74. The van der Waals surface area contributed by atoms with Crippen LogP contribution in [-0.4, -0.2) is 16.9 Å². The van der Waals surface area contributed by atoms with Crippen LogP contribution < -0.4 is 0 Å². The van der Waals surface area contributed by atoms with E-state index in [0.717, 1.165) is 6.42 Å². The molecule has 15 heavy (non-hydrogen) atoms. The molecule has 2 bridgehead atoms. The molecule has 82 valence electrons. The lowest BCUT2D eigenvalue weighted by molar-refractivity contribution is -0.148. The van der Waals surface area contributed by atoms with Crippen molar-refractivity contribution >= 4 is 11.8 Å². The molecule has 0 heterocycles. The zero-order valence-corrected chi connectivity index (χ0v) is 9.01. The molecule has 2 aliphatic carbocycles. The summed E-state index contributed by atoms with van der Waals surface area (Å²) in [6.07, 6.45) is 4.84. The Morgan fingerprint density at radius 1 is 1.20 bits per heavy atom. The fraction of sp³-hybridized carbons (Fsp3) is 0.667. The van der Waals surface area contributed by atoms with Crippen molar-refractivity contribution in [2.45, 2.75) is 20.3 Å². The van der Waals surface area contributed by atoms with Crippen molar-refractivity contribution < 1.29 is 14.7 Å². The molecule has 3 heteroatoms. The van der Waals surface area contributed by atoms with Crippen LogP contribution in [0.2, 0.25) is 0 Å². The summed E-state index contributed by atoms with van der Waals surface area (Å²) in [4.78, 5) is 23.1. The second-order valence-electron chi connectivity index (χ2n) is 4.90. The maximum absolute atomic E-state index is 12.0. The molecule has 0 aliphatic heterocycles. The fourth-order valence-electron chi connectivity index (χ4n) is 2.93. The second-order valence-corrected chi connectivity index (χ2v) is 4.90. The summed E-state index contributed by atoms with van der Waals surface area (Å²) in [6.45, 7) is 3.69. The molecule has 2 aliphatic rings. The Hall–Kier alpha value is -1.12. The highest BCUT2D eigenvalue weighted by Gasteiger charge is 2.51. The molecule has 2 rings (SSSR count). The number of fused-ring (bicyclic) bond motifs is 2. The van der Waals surface area contributed by atoms with Crippen molar-refractivity contribution in [3.05, 3.63) is 12.2 Å². The molecule has 0 aromatic heterocycles. The predicted molar refractivity (Wildman–Crippen MR) is 55.2 cm³/mol. The van der Waals surface area contributed by atoms with Gasteiger partial charge in [-0.2, -0.15) is 0 Å². The van der Waals surface area contributed by atoms with Gasteiger partial charge in [-0.25, -0.2) is 0 Å². The van der Waals surface area contributed by atoms with Gasteiger partial charge in [0.25, 0.3) is 0 Å². The van der Waals surface area contributed by atoms with Gasteiger partial charge in [0, 0.05) is 11.8 Å². The van der Waals surface area contributed by atoms with Gasteiger partial charge in [0.15, 0.2) is 0 Å². The summed E-state index contributed by atoms with van der Waals surface area (Å²) >= 11 is 0. The molecule has 1 fully saturated rings. The van der Waals surface area contributed by atoms with Gasteiger partial charge < -0.3 is 5.11 Å². The van der Waals surface area contributed by atoms with E-state index in [2.05, 4.69) is 0 Å². The zero-order valence-electron chi connectivity index (χ0n) is 9.01. The number of carboxylic acid groups (broad SMARTS) is 1. The minimum absolute atomic E-state index is 0.0652. The molecule has 0 radical (unpaired) electrons. The number of hydrogen-bond acceptors (Lipinski definition) is 2. The van der Waals surface area contributed by atoms with Crippen LogP contribution in [0, 0.1) is 29.6 Å². The first-order valence-corrected chi connectivity index (χ1v) is 5.47. The minimum Gasteiger partial charge on any atom is -0.481 e. The maximum atomic E-state index is 12.0. The smallest absolute Gasteiger partial charge is 0.307 e. The summed E-state index contributed by atoms with van der Waals surface area (Å²) in [5.74, 6) is -1.27. The zero-order chi connectivity index (χ0) is 11.2. The maximum Gasteiger partial charge on any atom is 0.307 e. The Bertz CT molecular complexity index is 330. The molecule has 0 aromatic carbocycles. The van der Waals surface area contributed by atoms with Gasteiger partial charge in [-0.15, -0.1) is 0 Å². The largest absolute Gasteiger partial charge is 0.481 e. The van der Waals surface area contributed by atoms with Gasteiger partial charge in [0.2, 0.25) is 0 Å². The summed E-state index contributed by atoms with van der Waals surface area (Å²) < 4.78 is 0. The van der Waals surface area contributed by atoms with E-state index in [1.165, 1.54) is 0 Å². The van der Waals surface area contributed by atoms with Crippen LogP contribution in [0.4, 0.5) is 0 Å². The van der Waals surface area contributed by atoms with Crippen LogP contribution in [0.5, 0.6) is 0 Å². The number of carboxylic acids is 1. The molecule has 4 atom stereocenters. The normalized spacial score (nSPS) is 37.5. The molecule has 3 nitrogen and oxygen atoms in total. The predicted octanol–water partition coefficient (Wildman–Crippen LogP) is 1.73. The molecule has 0 spiro atoms. The third-order valence-electron chi connectivity index (χ3n) is 3.64. The Morgan fingerprint density at radius 2 is 1.73 bits per heavy atom. The van der Waals surface area contributed by atoms with E-state index in [1.54, 1.807) is 0 Å². The van der Waals surface area contributed by atoms with Gasteiger partial charge >= 0.3 is 5.97 Å². The monoisotopic (exact) mass is 208 g/mol. The number of rotatable bonds is 3. The van der Waals surface area contributed by atoms with Crippen LogP contribution in [0.1, 0.15) is 20.3 Å². The first-order chi connectivity index (χ1) is 7.02. The lowest BCUT2D eigenvalue weighted by Crippen LogP contribution is -2.35. The average molecular weight is 208 g/mol. The highest BCUT2D eigenvalue weighted by molar-refractivity contribution is 5.89. The molecule has 0 amide bonds. The van der Waals surface area contributed by atoms with E-state index in [0.29, 0.717) is 0 Å². The first kappa shape index (κ1) is 10.4. The Kier molecular flexibility index (Phi) is 2.41. The number of carbonyl (C=O) groups excluding carboxylic acids is 1. The number of ketones is 1. The quantitative estimate of drug-likeness (QED) is 0.719. The van der Waals surface area contributed by atoms with Crippen LogP contribution in [0.15, 0.2) is 12.2 Å². The Labute approximate surface area is 89.2 Å². The van der Waals surface area contributed by atoms with Crippen molar-refractivity contribution in [2.75, 3.05) is 0 Å². The van der Waals surface area contributed by atoms with E-state index < -0.39 is 11.9 Å². The van der Waals surface area contributed by atoms with E-state index in [9.17, 15) is 9.59 Å². The molecular formula is C12H16O3. The molecule has 4 unspecified atom stereocenters. The van der Waals surface area contributed by atoms with Crippen molar-refractivity contribution in [1.29, 1.82) is 0 Å². The number of aliphatic carboxylic acids is 1. The van der Waals surface area contributed by atoms with Crippen molar-refractivity contribution in [1.82, 2.24) is 0 Å². The highest BCUT2D eigenvalue weighted by atomic mass is 16.4. The molecule has 1 saturated carbocycles. The Balaban J connectivity index is 2.27. The Morgan fingerprint density at radius 3 is 2.20 bits per heavy atom. The topological polar surface area (TPSA) is 54.4 Å². The van der Waals surface area contributed by atoms with Gasteiger partial charge in [0.05, 0.1) is 5.92 Å². The number of hydrogen-bond donors (Lipinski definition) is 1. The van der Waals surface area contributed by atoms with Crippen molar-refractivity contribution in [3.63, 3.8) is 0 Å². The van der Waals surface area contributed by atoms with E-state index in [-0.39, 0.29) is 29.5 Å². The molecule has 1 N–H and O–H groups in total. The number of Topliss-reactive ketones (excluding diaryl/α,β-unsaturated/α-hetero) is 1. The summed E-state index contributed by atoms with van der Waals surface area (Å²) in [6, 6.07) is 0. The van der Waals surface area contributed by atoms with E-state index in [4.69, 9.17) is 5.11 Å². The number of allylic oxidation sites excluding steroid dienone is 2. The van der Waals surface area contributed by atoms with Crippen LogP contribution >= 0.6 is 0 Å². The lowest BCUT2D eigenvalue weighted by atomic mass is 9.77. The minimum atomic E-state index is -0.814. The van der Waals surface area contributed by atoms with Gasteiger partial charge in [-0.1, -0.05) is 26.0 Å². The second kappa shape index (κ2) is 3.47. The van der Waals surface area contributed by atoms with Crippen LogP contribution in [0.25, 0.3) is 0 Å². The molecule has 0 saturated heterocycles. The fourth-order valence-corrected chi connectivity index (χ4v) is 2.93. The third kappa shape index (κ3) is 1.50.